The van der Waals surface area contributed by atoms with Gasteiger partial charge in [-0.05, 0) is 18.6 Å². The Morgan fingerprint density at radius 3 is 3.06 bits per heavy atom. The lowest BCUT2D eigenvalue weighted by Crippen LogP contribution is -2.23. The number of hydrogen-bond donors (Lipinski definition) is 1. The van der Waals surface area contributed by atoms with Crippen molar-refractivity contribution in [3.63, 3.8) is 0 Å². The highest BCUT2D eigenvalue weighted by atomic mass is 16.1. The number of carbonyl (C=O) groups is 1. The minimum atomic E-state index is -0.328. The van der Waals surface area contributed by atoms with Gasteiger partial charge < -0.3 is 5.32 Å². The highest BCUT2D eigenvalue weighted by molar-refractivity contribution is 5.76. The van der Waals surface area contributed by atoms with Crippen molar-refractivity contribution in [2.24, 2.45) is 0 Å². The van der Waals surface area contributed by atoms with Gasteiger partial charge in [-0.1, -0.05) is 12.1 Å². The Hall–Kier alpha value is -2.15. The van der Waals surface area contributed by atoms with Gasteiger partial charge in [-0.15, -0.1) is 6.58 Å². The monoisotopic (exact) mass is 229 g/mol. The Morgan fingerprint density at radius 2 is 2.47 bits per heavy atom. The van der Waals surface area contributed by atoms with E-state index in [1.807, 2.05) is 6.07 Å². The van der Waals surface area contributed by atoms with Crippen LogP contribution < -0.4 is 5.32 Å². The van der Waals surface area contributed by atoms with Crippen molar-refractivity contribution in [3.8, 4) is 6.07 Å². The number of nitrogens with zero attached hydrogens (tertiary/aromatic N) is 2. The van der Waals surface area contributed by atoms with Crippen LogP contribution in [0.15, 0.2) is 37.1 Å². The van der Waals surface area contributed by atoms with Gasteiger partial charge in [0.2, 0.25) is 5.91 Å². The smallest absolute Gasteiger partial charge is 0.220 e. The second-order valence-electron chi connectivity index (χ2n) is 3.57. The molecular formula is C13H15N3O. The first-order chi connectivity index (χ1) is 8.27. The zero-order valence-corrected chi connectivity index (χ0v) is 9.60. The summed E-state index contributed by atoms with van der Waals surface area (Å²) in [5, 5.41) is 11.7. The summed E-state index contributed by atoms with van der Waals surface area (Å²) in [6, 6.07) is 7.61. The van der Waals surface area contributed by atoms with Gasteiger partial charge in [0.15, 0.2) is 0 Å². The number of nitrogens with one attached hydrogen (secondary N) is 1. The fourth-order valence-electron chi connectivity index (χ4n) is 1.41. The van der Waals surface area contributed by atoms with Crippen LogP contribution in [-0.2, 0) is 4.79 Å². The number of amides is 1. The van der Waals surface area contributed by atoms with Crippen molar-refractivity contribution in [1.29, 1.82) is 5.26 Å². The van der Waals surface area contributed by atoms with Crippen LogP contribution in [0.5, 0.6) is 0 Å². The molecule has 0 spiro atoms. The van der Waals surface area contributed by atoms with Gasteiger partial charge in [0, 0.05) is 19.2 Å². The van der Waals surface area contributed by atoms with E-state index >= 15 is 0 Å². The molecule has 0 aliphatic rings. The van der Waals surface area contributed by atoms with Crippen LogP contribution in [0.1, 0.15) is 24.5 Å². The summed E-state index contributed by atoms with van der Waals surface area (Å²) in [7, 11) is 0. The lowest BCUT2D eigenvalue weighted by Gasteiger charge is -2.07. The molecule has 1 aromatic heterocycles. The van der Waals surface area contributed by atoms with E-state index in [1.165, 1.54) is 0 Å². The van der Waals surface area contributed by atoms with Crippen LogP contribution in [0.3, 0.4) is 0 Å². The molecule has 17 heavy (non-hydrogen) atoms. The van der Waals surface area contributed by atoms with Crippen molar-refractivity contribution in [2.45, 2.75) is 18.8 Å². The Bertz CT molecular complexity index is 408. The van der Waals surface area contributed by atoms with Crippen molar-refractivity contribution in [2.75, 3.05) is 6.54 Å². The third kappa shape index (κ3) is 4.47. The molecule has 1 amide bonds. The molecule has 0 saturated carbocycles. The molecule has 0 saturated heterocycles. The highest BCUT2D eigenvalue weighted by Gasteiger charge is 2.13. The molecule has 0 fully saturated rings. The van der Waals surface area contributed by atoms with Crippen LogP contribution >= 0.6 is 0 Å². The van der Waals surface area contributed by atoms with Gasteiger partial charge in [0.1, 0.15) is 0 Å². The molecule has 1 unspecified atom stereocenters. The third-order valence-corrected chi connectivity index (χ3v) is 2.30. The lowest BCUT2D eigenvalue weighted by atomic mass is 10.0. The molecular weight excluding hydrogens is 214 g/mol. The van der Waals surface area contributed by atoms with E-state index in [0.29, 0.717) is 25.1 Å². The fraction of sp³-hybridized carbons (Fsp3) is 0.308. The SMILES string of the molecule is C=CCNC(=O)CCC(C#N)c1ccccn1. The summed E-state index contributed by atoms with van der Waals surface area (Å²) >= 11 is 0. The molecule has 1 atom stereocenters. The molecule has 0 bridgehead atoms. The van der Waals surface area contributed by atoms with Gasteiger partial charge in [-0.3, -0.25) is 9.78 Å². The molecule has 1 N–H and O–H groups in total. The van der Waals surface area contributed by atoms with Crippen LogP contribution in [0.25, 0.3) is 0 Å². The van der Waals surface area contributed by atoms with E-state index in [1.54, 1.807) is 24.4 Å². The Morgan fingerprint density at radius 1 is 1.65 bits per heavy atom. The van der Waals surface area contributed by atoms with E-state index in [4.69, 9.17) is 5.26 Å². The number of pyridine rings is 1. The maximum absolute atomic E-state index is 11.4. The summed E-state index contributed by atoms with van der Waals surface area (Å²) in [5.41, 5.74) is 0.714. The van der Waals surface area contributed by atoms with Gasteiger partial charge in [-0.2, -0.15) is 5.26 Å². The van der Waals surface area contributed by atoms with E-state index in [0.717, 1.165) is 0 Å². The topological polar surface area (TPSA) is 65.8 Å². The first kappa shape index (κ1) is 12.9. The summed E-state index contributed by atoms with van der Waals surface area (Å²) < 4.78 is 0. The Kier molecular flexibility index (Phi) is 5.45. The molecule has 1 heterocycles. The van der Waals surface area contributed by atoms with E-state index in [2.05, 4.69) is 22.9 Å². The predicted molar refractivity (Wildman–Crippen MR) is 65.0 cm³/mol. The van der Waals surface area contributed by atoms with Gasteiger partial charge in [-0.25, -0.2) is 0 Å². The van der Waals surface area contributed by atoms with E-state index in [-0.39, 0.29) is 11.8 Å². The second-order valence-corrected chi connectivity index (χ2v) is 3.57. The van der Waals surface area contributed by atoms with Gasteiger partial charge in [0.05, 0.1) is 17.7 Å². The van der Waals surface area contributed by atoms with Crippen molar-refractivity contribution < 1.29 is 4.79 Å². The number of carbonyl (C=O) groups excluding carboxylic acids is 1. The molecule has 0 aromatic carbocycles. The van der Waals surface area contributed by atoms with Crippen molar-refractivity contribution in [3.05, 3.63) is 42.7 Å². The standard InChI is InChI=1S/C13H15N3O/c1-2-8-16-13(17)7-6-11(10-14)12-5-3-4-9-15-12/h2-5,9,11H,1,6-8H2,(H,16,17). The highest BCUT2D eigenvalue weighted by Crippen LogP contribution is 2.17. The largest absolute Gasteiger partial charge is 0.353 e. The van der Waals surface area contributed by atoms with Crippen LogP contribution in [0, 0.1) is 11.3 Å². The normalized spacial score (nSPS) is 11.2. The minimum Gasteiger partial charge on any atom is -0.353 e. The summed E-state index contributed by atoms with van der Waals surface area (Å²) in [6.07, 6.45) is 4.08. The molecule has 4 nitrogen and oxygen atoms in total. The van der Waals surface area contributed by atoms with Crippen LogP contribution in [-0.4, -0.2) is 17.4 Å². The first-order valence-corrected chi connectivity index (χ1v) is 5.46. The molecule has 1 rings (SSSR count). The number of hydrogen-bond acceptors (Lipinski definition) is 3. The molecule has 0 aliphatic heterocycles. The maximum Gasteiger partial charge on any atom is 0.220 e. The molecule has 1 aromatic rings. The third-order valence-electron chi connectivity index (χ3n) is 2.30. The number of rotatable bonds is 6. The molecule has 0 aliphatic carbocycles. The predicted octanol–water partition coefficient (Wildman–Crippen LogP) is 1.77. The molecule has 88 valence electrons. The number of aromatic nitrogens is 1. The average molecular weight is 229 g/mol. The van der Waals surface area contributed by atoms with Crippen molar-refractivity contribution >= 4 is 5.91 Å². The Labute approximate surface area is 101 Å². The zero-order valence-electron chi connectivity index (χ0n) is 9.60. The van der Waals surface area contributed by atoms with E-state index < -0.39 is 0 Å². The summed E-state index contributed by atoms with van der Waals surface area (Å²) in [6.45, 7) is 3.97. The van der Waals surface area contributed by atoms with E-state index in [9.17, 15) is 4.79 Å². The fourth-order valence-corrected chi connectivity index (χ4v) is 1.41. The van der Waals surface area contributed by atoms with Crippen molar-refractivity contribution in [1.82, 2.24) is 10.3 Å². The van der Waals surface area contributed by atoms with Crippen LogP contribution in [0.2, 0.25) is 0 Å². The molecule has 0 radical (unpaired) electrons. The van der Waals surface area contributed by atoms with Gasteiger partial charge >= 0.3 is 0 Å². The first-order valence-electron chi connectivity index (χ1n) is 5.46. The maximum atomic E-state index is 11.4. The minimum absolute atomic E-state index is 0.0684. The average Bonchev–Trinajstić information content (AvgIpc) is 2.38. The zero-order chi connectivity index (χ0) is 12.5. The van der Waals surface area contributed by atoms with Gasteiger partial charge in [0.25, 0.3) is 0 Å². The quantitative estimate of drug-likeness (QED) is 0.756. The lowest BCUT2D eigenvalue weighted by molar-refractivity contribution is -0.121. The second kappa shape index (κ2) is 7.18. The summed E-state index contributed by atoms with van der Waals surface area (Å²) in [5.74, 6) is -0.397. The number of nitriles is 1. The molecule has 4 heteroatoms. The van der Waals surface area contributed by atoms with Crippen LogP contribution in [0.4, 0.5) is 0 Å². The summed E-state index contributed by atoms with van der Waals surface area (Å²) in [4.78, 5) is 15.5. The Balaban J connectivity index is 2.47.